The standard InChI is InChI=1S/C15H23N3O2/c1-12-10-14(20-16-12)11-17-8-4-13(5-9-17)15(19)18-6-2-3-7-18/h10,13H,2-9,11H2,1H3. The average Bonchev–Trinajstić information content (AvgIpc) is 3.11. The fraction of sp³-hybridized carbons (Fsp3) is 0.733. The van der Waals surface area contributed by atoms with Crippen LogP contribution in [0.5, 0.6) is 0 Å². The molecule has 0 spiro atoms. The molecule has 20 heavy (non-hydrogen) atoms. The van der Waals surface area contributed by atoms with Crippen molar-refractivity contribution in [3.05, 3.63) is 17.5 Å². The minimum atomic E-state index is 0.237. The second kappa shape index (κ2) is 5.95. The van der Waals surface area contributed by atoms with Gasteiger partial charge in [-0.15, -0.1) is 0 Å². The molecule has 0 atom stereocenters. The maximum absolute atomic E-state index is 12.3. The van der Waals surface area contributed by atoms with Crippen LogP contribution in [0.4, 0.5) is 0 Å². The Kier molecular flexibility index (Phi) is 4.05. The van der Waals surface area contributed by atoms with Gasteiger partial charge in [-0.2, -0.15) is 0 Å². The Morgan fingerprint density at radius 2 is 2.00 bits per heavy atom. The number of nitrogens with zero attached hydrogens (tertiary/aromatic N) is 3. The molecule has 2 aliphatic rings. The summed E-state index contributed by atoms with van der Waals surface area (Å²) in [4.78, 5) is 16.8. The van der Waals surface area contributed by atoms with Crippen molar-refractivity contribution in [3.63, 3.8) is 0 Å². The van der Waals surface area contributed by atoms with E-state index >= 15 is 0 Å². The molecule has 2 fully saturated rings. The Labute approximate surface area is 119 Å². The molecule has 5 heteroatoms. The Balaban J connectivity index is 1.48. The van der Waals surface area contributed by atoms with Crippen molar-refractivity contribution >= 4 is 5.91 Å². The summed E-state index contributed by atoms with van der Waals surface area (Å²) in [6.45, 7) is 6.64. The second-order valence-corrected chi connectivity index (χ2v) is 6.02. The molecule has 0 N–H and O–H groups in total. The van der Waals surface area contributed by atoms with Gasteiger partial charge in [-0.1, -0.05) is 5.16 Å². The molecule has 0 saturated carbocycles. The van der Waals surface area contributed by atoms with Gasteiger partial charge in [0.2, 0.25) is 5.91 Å². The first-order valence-electron chi connectivity index (χ1n) is 7.66. The van der Waals surface area contributed by atoms with Gasteiger partial charge in [-0.25, -0.2) is 0 Å². The van der Waals surface area contributed by atoms with E-state index in [2.05, 4.69) is 15.0 Å². The summed E-state index contributed by atoms with van der Waals surface area (Å²) in [6.07, 6.45) is 4.30. The van der Waals surface area contributed by atoms with Gasteiger partial charge in [0.25, 0.3) is 0 Å². The summed E-state index contributed by atoms with van der Waals surface area (Å²) in [5.41, 5.74) is 0.930. The highest BCUT2D eigenvalue weighted by Gasteiger charge is 2.29. The van der Waals surface area contributed by atoms with E-state index in [9.17, 15) is 4.79 Å². The second-order valence-electron chi connectivity index (χ2n) is 6.02. The lowest BCUT2D eigenvalue weighted by Crippen LogP contribution is -2.41. The van der Waals surface area contributed by atoms with Crippen LogP contribution in [0.1, 0.15) is 37.1 Å². The molecule has 2 saturated heterocycles. The molecule has 2 aliphatic heterocycles. The van der Waals surface area contributed by atoms with Crippen LogP contribution in [0.2, 0.25) is 0 Å². The molecular formula is C15H23N3O2. The van der Waals surface area contributed by atoms with Gasteiger partial charge in [-0.05, 0) is 45.7 Å². The number of carbonyl (C=O) groups excluding carboxylic acids is 1. The van der Waals surface area contributed by atoms with Crippen molar-refractivity contribution < 1.29 is 9.32 Å². The minimum absolute atomic E-state index is 0.237. The van der Waals surface area contributed by atoms with Gasteiger partial charge in [0.1, 0.15) is 0 Å². The number of likely N-dealkylation sites (tertiary alicyclic amines) is 2. The fourth-order valence-electron chi connectivity index (χ4n) is 3.24. The van der Waals surface area contributed by atoms with E-state index in [4.69, 9.17) is 4.52 Å². The normalized spacial score (nSPS) is 21.6. The number of aromatic nitrogens is 1. The van der Waals surface area contributed by atoms with Gasteiger partial charge in [0.15, 0.2) is 5.76 Å². The van der Waals surface area contributed by atoms with Crippen molar-refractivity contribution in [3.8, 4) is 0 Å². The monoisotopic (exact) mass is 277 g/mol. The number of piperidine rings is 1. The Hall–Kier alpha value is -1.36. The topological polar surface area (TPSA) is 49.6 Å². The maximum Gasteiger partial charge on any atom is 0.225 e. The predicted molar refractivity (Wildman–Crippen MR) is 75.1 cm³/mol. The zero-order valence-electron chi connectivity index (χ0n) is 12.2. The average molecular weight is 277 g/mol. The summed E-state index contributed by atoms with van der Waals surface area (Å²) in [7, 11) is 0. The number of carbonyl (C=O) groups is 1. The molecule has 0 unspecified atom stereocenters. The van der Waals surface area contributed by atoms with Crippen LogP contribution in [-0.4, -0.2) is 47.0 Å². The van der Waals surface area contributed by atoms with Crippen molar-refractivity contribution in [1.82, 2.24) is 15.0 Å². The van der Waals surface area contributed by atoms with Crippen molar-refractivity contribution in [2.75, 3.05) is 26.2 Å². The van der Waals surface area contributed by atoms with Crippen molar-refractivity contribution in [2.24, 2.45) is 5.92 Å². The molecule has 1 aromatic rings. The largest absolute Gasteiger partial charge is 0.360 e. The van der Waals surface area contributed by atoms with E-state index in [0.717, 1.165) is 57.0 Å². The third-order valence-corrected chi connectivity index (χ3v) is 4.41. The number of hydrogen-bond acceptors (Lipinski definition) is 4. The van der Waals surface area contributed by atoms with Crippen LogP contribution in [0, 0.1) is 12.8 Å². The Morgan fingerprint density at radius 3 is 2.60 bits per heavy atom. The molecule has 0 radical (unpaired) electrons. The van der Waals surface area contributed by atoms with Crippen molar-refractivity contribution in [2.45, 2.75) is 39.2 Å². The Bertz CT molecular complexity index is 457. The summed E-state index contributed by atoms with van der Waals surface area (Å²) in [5.74, 6) is 1.55. The van der Waals surface area contributed by atoms with Crippen LogP contribution in [0.25, 0.3) is 0 Å². The molecule has 1 amide bonds. The summed E-state index contributed by atoms with van der Waals surface area (Å²) in [5, 5.41) is 3.92. The number of hydrogen-bond donors (Lipinski definition) is 0. The Morgan fingerprint density at radius 1 is 1.30 bits per heavy atom. The SMILES string of the molecule is Cc1cc(CN2CCC(C(=O)N3CCCC3)CC2)on1. The number of rotatable bonds is 3. The lowest BCUT2D eigenvalue weighted by molar-refractivity contribution is -0.136. The van der Waals surface area contributed by atoms with Gasteiger partial charge in [-0.3, -0.25) is 9.69 Å². The smallest absolute Gasteiger partial charge is 0.225 e. The first-order valence-corrected chi connectivity index (χ1v) is 7.66. The van der Waals surface area contributed by atoms with E-state index in [1.54, 1.807) is 0 Å². The third kappa shape index (κ3) is 3.03. The minimum Gasteiger partial charge on any atom is -0.360 e. The van der Waals surface area contributed by atoms with Gasteiger partial charge in [0.05, 0.1) is 12.2 Å². The highest BCUT2D eigenvalue weighted by Crippen LogP contribution is 2.23. The van der Waals surface area contributed by atoms with Crippen LogP contribution < -0.4 is 0 Å². The highest BCUT2D eigenvalue weighted by atomic mass is 16.5. The first kappa shape index (κ1) is 13.6. The molecule has 0 aliphatic carbocycles. The molecule has 0 aromatic carbocycles. The molecule has 1 aromatic heterocycles. The van der Waals surface area contributed by atoms with Crippen LogP contribution in [-0.2, 0) is 11.3 Å². The van der Waals surface area contributed by atoms with E-state index in [-0.39, 0.29) is 5.92 Å². The molecule has 5 nitrogen and oxygen atoms in total. The van der Waals surface area contributed by atoms with E-state index in [0.29, 0.717) is 5.91 Å². The van der Waals surface area contributed by atoms with Crippen LogP contribution in [0.15, 0.2) is 10.6 Å². The molecule has 3 rings (SSSR count). The summed E-state index contributed by atoms with van der Waals surface area (Å²) < 4.78 is 5.26. The predicted octanol–water partition coefficient (Wildman–Crippen LogP) is 1.82. The van der Waals surface area contributed by atoms with Gasteiger partial charge in [0, 0.05) is 25.1 Å². The number of aryl methyl sites for hydroxylation is 1. The third-order valence-electron chi connectivity index (χ3n) is 4.41. The summed E-state index contributed by atoms with van der Waals surface area (Å²) in [6, 6.07) is 1.99. The van der Waals surface area contributed by atoms with Gasteiger partial charge < -0.3 is 9.42 Å². The molecule has 110 valence electrons. The number of amides is 1. The maximum atomic E-state index is 12.3. The summed E-state index contributed by atoms with van der Waals surface area (Å²) >= 11 is 0. The van der Waals surface area contributed by atoms with E-state index in [1.165, 1.54) is 12.8 Å². The molecule has 3 heterocycles. The first-order chi connectivity index (χ1) is 9.72. The van der Waals surface area contributed by atoms with E-state index in [1.807, 2.05) is 13.0 Å². The van der Waals surface area contributed by atoms with E-state index < -0.39 is 0 Å². The van der Waals surface area contributed by atoms with Crippen LogP contribution in [0.3, 0.4) is 0 Å². The van der Waals surface area contributed by atoms with Gasteiger partial charge >= 0.3 is 0 Å². The zero-order valence-corrected chi connectivity index (χ0v) is 12.2. The van der Waals surface area contributed by atoms with Crippen molar-refractivity contribution in [1.29, 1.82) is 0 Å². The quantitative estimate of drug-likeness (QED) is 0.845. The molecular weight excluding hydrogens is 254 g/mol. The fourth-order valence-corrected chi connectivity index (χ4v) is 3.24. The highest BCUT2D eigenvalue weighted by molar-refractivity contribution is 5.79. The molecule has 0 bridgehead atoms. The zero-order chi connectivity index (χ0) is 13.9. The lowest BCUT2D eigenvalue weighted by Gasteiger charge is -2.32. The lowest BCUT2D eigenvalue weighted by atomic mass is 9.95. The van der Waals surface area contributed by atoms with Crippen LogP contribution >= 0.6 is 0 Å².